The molecule has 0 amide bonds. The maximum Gasteiger partial charge on any atom is 0.0514 e. The lowest BCUT2D eigenvalue weighted by Crippen LogP contribution is -2.11. The second-order valence-electron chi connectivity index (χ2n) is 5.59. The maximum absolute atomic E-state index is 3.70. The molecule has 0 saturated heterocycles. The van der Waals surface area contributed by atoms with Crippen molar-refractivity contribution in [2.45, 2.75) is 45.6 Å². The summed E-state index contributed by atoms with van der Waals surface area (Å²) < 4.78 is 1.14. The summed E-state index contributed by atoms with van der Waals surface area (Å²) in [5.41, 5.74) is 3.81. The molecule has 2 aromatic rings. The SMILES string of the molecule is CCCCCC(Nc1ccc(C)cc1Br)c1ccccc1. The lowest BCUT2D eigenvalue weighted by atomic mass is 10.00. The van der Waals surface area contributed by atoms with Crippen molar-refractivity contribution in [1.29, 1.82) is 0 Å². The van der Waals surface area contributed by atoms with Gasteiger partial charge in [-0.15, -0.1) is 0 Å². The highest BCUT2D eigenvalue weighted by Gasteiger charge is 2.12. The van der Waals surface area contributed by atoms with Crippen molar-refractivity contribution in [1.82, 2.24) is 0 Å². The molecule has 1 nitrogen and oxygen atoms in total. The summed E-state index contributed by atoms with van der Waals surface area (Å²) in [5, 5.41) is 3.70. The zero-order chi connectivity index (χ0) is 15.1. The van der Waals surface area contributed by atoms with E-state index in [0.717, 1.165) is 10.9 Å². The van der Waals surface area contributed by atoms with E-state index in [2.05, 4.69) is 83.6 Å². The van der Waals surface area contributed by atoms with E-state index >= 15 is 0 Å². The van der Waals surface area contributed by atoms with Crippen molar-refractivity contribution in [3.8, 4) is 0 Å². The fourth-order valence-electron chi connectivity index (χ4n) is 2.53. The van der Waals surface area contributed by atoms with E-state index in [9.17, 15) is 0 Å². The summed E-state index contributed by atoms with van der Waals surface area (Å²) in [7, 11) is 0. The third-order valence-electron chi connectivity index (χ3n) is 3.75. The van der Waals surface area contributed by atoms with Gasteiger partial charge in [0.25, 0.3) is 0 Å². The molecule has 0 saturated carbocycles. The molecule has 112 valence electrons. The minimum atomic E-state index is 0.372. The van der Waals surface area contributed by atoms with Gasteiger partial charge in [-0.25, -0.2) is 0 Å². The molecule has 1 N–H and O–H groups in total. The minimum absolute atomic E-state index is 0.372. The standard InChI is InChI=1S/C19H24BrN/c1-3-4-6-11-18(16-9-7-5-8-10-16)21-19-13-12-15(2)14-17(19)20/h5,7-10,12-14,18,21H,3-4,6,11H2,1-2H3. The Kier molecular flexibility index (Phi) is 6.31. The van der Waals surface area contributed by atoms with Crippen molar-refractivity contribution in [2.24, 2.45) is 0 Å². The van der Waals surface area contributed by atoms with Crippen LogP contribution in [-0.4, -0.2) is 0 Å². The Bertz CT molecular complexity index is 551. The first-order valence-corrected chi connectivity index (χ1v) is 8.57. The van der Waals surface area contributed by atoms with Crippen LogP contribution in [-0.2, 0) is 0 Å². The fourth-order valence-corrected chi connectivity index (χ4v) is 3.14. The Morgan fingerprint density at radius 2 is 1.81 bits per heavy atom. The van der Waals surface area contributed by atoms with Gasteiger partial charge in [-0.2, -0.15) is 0 Å². The van der Waals surface area contributed by atoms with Crippen LogP contribution in [0.15, 0.2) is 53.0 Å². The Morgan fingerprint density at radius 1 is 1.05 bits per heavy atom. The average Bonchev–Trinajstić information content (AvgIpc) is 2.49. The predicted octanol–water partition coefficient (Wildman–Crippen LogP) is 6.49. The molecule has 0 radical (unpaired) electrons. The number of hydrogen-bond acceptors (Lipinski definition) is 1. The predicted molar refractivity (Wildman–Crippen MR) is 95.8 cm³/mol. The monoisotopic (exact) mass is 345 g/mol. The quantitative estimate of drug-likeness (QED) is 0.565. The molecule has 21 heavy (non-hydrogen) atoms. The smallest absolute Gasteiger partial charge is 0.0514 e. The Hall–Kier alpha value is -1.28. The van der Waals surface area contributed by atoms with Gasteiger partial charge in [-0.05, 0) is 52.5 Å². The number of anilines is 1. The third-order valence-corrected chi connectivity index (χ3v) is 4.41. The molecule has 2 aromatic carbocycles. The van der Waals surface area contributed by atoms with Crippen molar-refractivity contribution in [3.63, 3.8) is 0 Å². The molecule has 0 spiro atoms. The van der Waals surface area contributed by atoms with E-state index in [1.165, 1.54) is 36.1 Å². The van der Waals surface area contributed by atoms with Gasteiger partial charge in [0, 0.05) is 10.2 Å². The summed E-state index contributed by atoms with van der Waals surface area (Å²) in [4.78, 5) is 0. The van der Waals surface area contributed by atoms with Crippen molar-refractivity contribution >= 4 is 21.6 Å². The average molecular weight is 346 g/mol. The number of benzene rings is 2. The number of hydrogen-bond donors (Lipinski definition) is 1. The van der Waals surface area contributed by atoms with Gasteiger partial charge in [-0.1, -0.05) is 62.6 Å². The molecule has 0 aliphatic rings. The van der Waals surface area contributed by atoms with Gasteiger partial charge < -0.3 is 5.32 Å². The molecular formula is C19H24BrN. The number of aryl methyl sites for hydroxylation is 1. The van der Waals surface area contributed by atoms with Gasteiger partial charge in [0.2, 0.25) is 0 Å². The first-order chi connectivity index (χ1) is 10.2. The van der Waals surface area contributed by atoms with Crippen LogP contribution in [0, 0.1) is 6.92 Å². The first kappa shape index (κ1) is 16.1. The Labute approximate surface area is 136 Å². The van der Waals surface area contributed by atoms with Crippen LogP contribution < -0.4 is 5.32 Å². The largest absolute Gasteiger partial charge is 0.377 e. The summed E-state index contributed by atoms with van der Waals surface area (Å²) in [6.45, 7) is 4.37. The number of halogens is 1. The fraction of sp³-hybridized carbons (Fsp3) is 0.368. The van der Waals surface area contributed by atoms with Crippen LogP contribution in [0.3, 0.4) is 0 Å². The van der Waals surface area contributed by atoms with Gasteiger partial charge in [0.15, 0.2) is 0 Å². The molecule has 0 aliphatic heterocycles. The van der Waals surface area contributed by atoms with Crippen molar-refractivity contribution in [3.05, 3.63) is 64.1 Å². The zero-order valence-electron chi connectivity index (χ0n) is 12.9. The van der Waals surface area contributed by atoms with E-state index in [4.69, 9.17) is 0 Å². The third kappa shape index (κ3) is 4.89. The maximum atomic E-state index is 3.70. The zero-order valence-corrected chi connectivity index (χ0v) is 14.5. The van der Waals surface area contributed by atoms with Crippen LogP contribution in [0.5, 0.6) is 0 Å². The van der Waals surface area contributed by atoms with E-state index in [-0.39, 0.29) is 0 Å². The van der Waals surface area contributed by atoms with E-state index in [1.54, 1.807) is 0 Å². The molecule has 0 bridgehead atoms. The van der Waals surface area contributed by atoms with Gasteiger partial charge in [0.1, 0.15) is 0 Å². The number of unbranched alkanes of at least 4 members (excludes halogenated alkanes) is 2. The van der Waals surface area contributed by atoms with Crippen LogP contribution >= 0.6 is 15.9 Å². The summed E-state index contributed by atoms with van der Waals surface area (Å²) in [6, 6.07) is 17.6. The summed E-state index contributed by atoms with van der Waals surface area (Å²) in [6.07, 6.45) is 4.97. The van der Waals surface area contributed by atoms with Gasteiger partial charge in [0.05, 0.1) is 6.04 Å². The molecule has 2 heteroatoms. The van der Waals surface area contributed by atoms with Crippen molar-refractivity contribution in [2.75, 3.05) is 5.32 Å². The molecule has 0 aliphatic carbocycles. The molecule has 1 atom stereocenters. The first-order valence-electron chi connectivity index (χ1n) is 7.78. The molecule has 2 rings (SSSR count). The second-order valence-corrected chi connectivity index (χ2v) is 6.44. The lowest BCUT2D eigenvalue weighted by molar-refractivity contribution is 0.606. The number of nitrogens with one attached hydrogen (secondary N) is 1. The second kappa shape index (κ2) is 8.23. The normalized spacial score (nSPS) is 12.1. The molecule has 0 fully saturated rings. The minimum Gasteiger partial charge on any atom is -0.377 e. The summed E-state index contributed by atoms with van der Waals surface area (Å²) >= 11 is 3.67. The van der Waals surface area contributed by atoms with Gasteiger partial charge in [-0.3, -0.25) is 0 Å². The van der Waals surface area contributed by atoms with E-state index in [1.807, 2.05) is 0 Å². The van der Waals surface area contributed by atoms with E-state index < -0.39 is 0 Å². The molecular weight excluding hydrogens is 322 g/mol. The highest BCUT2D eigenvalue weighted by Crippen LogP contribution is 2.30. The highest BCUT2D eigenvalue weighted by molar-refractivity contribution is 9.10. The Balaban J connectivity index is 2.15. The van der Waals surface area contributed by atoms with Crippen LogP contribution in [0.25, 0.3) is 0 Å². The topological polar surface area (TPSA) is 12.0 Å². The van der Waals surface area contributed by atoms with Crippen molar-refractivity contribution < 1.29 is 0 Å². The lowest BCUT2D eigenvalue weighted by Gasteiger charge is -2.21. The molecule has 1 unspecified atom stereocenters. The highest BCUT2D eigenvalue weighted by atomic mass is 79.9. The molecule has 0 heterocycles. The van der Waals surface area contributed by atoms with Crippen LogP contribution in [0.1, 0.15) is 49.8 Å². The van der Waals surface area contributed by atoms with Gasteiger partial charge >= 0.3 is 0 Å². The van der Waals surface area contributed by atoms with Crippen LogP contribution in [0.4, 0.5) is 5.69 Å². The Morgan fingerprint density at radius 3 is 2.48 bits per heavy atom. The number of rotatable bonds is 7. The van der Waals surface area contributed by atoms with E-state index in [0.29, 0.717) is 6.04 Å². The molecule has 0 aromatic heterocycles. The van der Waals surface area contributed by atoms with Crippen LogP contribution in [0.2, 0.25) is 0 Å². The summed E-state index contributed by atoms with van der Waals surface area (Å²) in [5.74, 6) is 0.